The Bertz CT molecular complexity index is 887. The summed E-state index contributed by atoms with van der Waals surface area (Å²) in [6.07, 6.45) is -0.777. The van der Waals surface area contributed by atoms with Gasteiger partial charge in [-0.25, -0.2) is 0 Å². The number of ether oxygens (including phenoxy) is 3. The number of carbonyl (C=O) groups excluding carboxylic acids is 2. The van der Waals surface area contributed by atoms with Crippen LogP contribution in [0.1, 0.15) is 46.6 Å². The molecule has 0 aromatic heterocycles. The lowest BCUT2D eigenvalue weighted by atomic mass is 10.1. The van der Waals surface area contributed by atoms with Gasteiger partial charge in [-0.05, 0) is 57.0 Å². The quantitative estimate of drug-likeness (QED) is 0.420. The van der Waals surface area contributed by atoms with Crippen LogP contribution in [0.3, 0.4) is 0 Å². The maximum absolute atomic E-state index is 13.2. The topological polar surface area (TPSA) is 91.1 Å². The van der Waals surface area contributed by atoms with Crippen molar-refractivity contribution in [1.29, 1.82) is 0 Å². The first-order valence-corrected chi connectivity index (χ1v) is 11.1. The molecule has 2 rings (SSSR count). The lowest BCUT2D eigenvalue weighted by Crippen LogP contribution is -2.48. The molecule has 0 spiro atoms. The first-order valence-electron chi connectivity index (χ1n) is 11.1. The number of nitrogens with zero attached hydrogens (tertiary/aromatic N) is 1. The van der Waals surface area contributed by atoms with Crippen molar-refractivity contribution in [2.45, 2.75) is 65.5 Å². The Morgan fingerprint density at radius 2 is 1.62 bits per heavy atom. The van der Waals surface area contributed by atoms with Crippen molar-refractivity contribution in [2.24, 2.45) is 5.73 Å². The second-order valence-electron chi connectivity index (χ2n) is 8.64. The van der Waals surface area contributed by atoms with Crippen molar-refractivity contribution >= 4 is 22.6 Å². The van der Waals surface area contributed by atoms with Crippen LogP contribution in [0.25, 0.3) is 10.8 Å². The minimum Gasteiger partial charge on any atom is -0.460 e. The maximum Gasteiger partial charge on any atom is 0.308 e. The van der Waals surface area contributed by atoms with E-state index in [9.17, 15) is 9.59 Å². The standard InChI is InChI=1S/C25H36N2O5/c1-6-30-23(31-7-2)17-27(24(29)21(26)15-22(28)32-25(3,4)5)16-18-12-13-19-10-8-9-11-20(19)14-18/h8-14,21,23H,6-7,15-17,26H2,1-5H3/t21-/m0/s1. The molecule has 0 aliphatic carbocycles. The number of carbonyl (C=O) groups is 2. The molecule has 0 unspecified atom stereocenters. The summed E-state index contributed by atoms with van der Waals surface area (Å²) in [7, 11) is 0. The Morgan fingerprint density at radius 3 is 2.22 bits per heavy atom. The van der Waals surface area contributed by atoms with Gasteiger partial charge in [0.05, 0.1) is 19.0 Å². The highest BCUT2D eigenvalue weighted by atomic mass is 16.7. The molecular weight excluding hydrogens is 408 g/mol. The molecule has 2 aromatic carbocycles. The summed E-state index contributed by atoms with van der Waals surface area (Å²) < 4.78 is 16.6. The summed E-state index contributed by atoms with van der Waals surface area (Å²) in [5, 5.41) is 2.21. The molecule has 0 radical (unpaired) electrons. The maximum atomic E-state index is 13.2. The highest BCUT2D eigenvalue weighted by Gasteiger charge is 2.28. The van der Waals surface area contributed by atoms with Gasteiger partial charge >= 0.3 is 5.97 Å². The predicted molar refractivity (Wildman–Crippen MR) is 125 cm³/mol. The fourth-order valence-corrected chi connectivity index (χ4v) is 3.38. The van der Waals surface area contributed by atoms with Crippen LogP contribution in [0.5, 0.6) is 0 Å². The second kappa shape index (κ2) is 11.9. The van der Waals surface area contributed by atoms with Gasteiger partial charge < -0.3 is 24.8 Å². The van der Waals surface area contributed by atoms with E-state index in [0.29, 0.717) is 19.8 Å². The zero-order valence-corrected chi connectivity index (χ0v) is 19.8. The van der Waals surface area contributed by atoms with E-state index in [2.05, 4.69) is 0 Å². The number of fused-ring (bicyclic) bond motifs is 1. The smallest absolute Gasteiger partial charge is 0.308 e. The van der Waals surface area contributed by atoms with Crippen LogP contribution in [-0.4, -0.2) is 54.5 Å². The zero-order chi connectivity index (χ0) is 23.7. The highest BCUT2D eigenvalue weighted by Crippen LogP contribution is 2.18. The molecule has 7 nitrogen and oxygen atoms in total. The van der Waals surface area contributed by atoms with E-state index in [1.807, 2.05) is 56.3 Å². The van der Waals surface area contributed by atoms with Gasteiger partial charge in [-0.1, -0.05) is 36.4 Å². The minimum absolute atomic E-state index is 0.196. The van der Waals surface area contributed by atoms with E-state index in [4.69, 9.17) is 19.9 Å². The van der Waals surface area contributed by atoms with Crippen molar-refractivity contribution in [3.05, 3.63) is 48.0 Å². The number of hydrogen-bond acceptors (Lipinski definition) is 6. The van der Waals surface area contributed by atoms with E-state index in [1.54, 1.807) is 25.7 Å². The Labute approximate surface area is 190 Å². The molecule has 176 valence electrons. The summed E-state index contributed by atoms with van der Waals surface area (Å²) in [5.74, 6) is -0.858. The molecule has 0 bridgehead atoms. The van der Waals surface area contributed by atoms with Crippen molar-refractivity contribution in [2.75, 3.05) is 19.8 Å². The Kier molecular flexibility index (Phi) is 9.62. The first kappa shape index (κ1) is 25.8. The summed E-state index contributed by atoms with van der Waals surface area (Å²) in [4.78, 5) is 27.0. The van der Waals surface area contributed by atoms with Crippen LogP contribution in [-0.2, 0) is 30.3 Å². The van der Waals surface area contributed by atoms with Gasteiger partial charge in [-0.3, -0.25) is 9.59 Å². The molecule has 0 saturated carbocycles. The molecule has 2 aromatic rings. The summed E-state index contributed by atoms with van der Waals surface area (Å²) >= 11 is 0. The van der Waals surface area contributed by atoms with Gasteiger partial charge in [0.25, 0.3) is 0 Å². The third kappa shape index (κ3) is 8.22. The lowest BCUT2D eigenvalue weighted by Gasteiger charge is -2.30. The minimum atomic E-state index is -1.02. The van der Waals surface area contributed by atoms with Crippen molar-refractivity contribution in [3.8, 4) is 0 Å². The van der Waals surface area contributed by atoms with Crippen LogP contribution in [0.15, 0.2) is 42.5 Å². The van der Waals surface area contributed by atoms with Crippen molar-refractivity contribution in [3.63, 3.8) is 0 Å². The molecular formula is C25H36N2O5. The fraction of sp³-hybridized carbons (Fsp3) is 0.520. The first-order chi connectivity index (χ1) is 15.1. The second-order valence-corrected chi connectivity index (χ2v) is 8.64. The van der Waals surface area contributed by atoms with Crippen LogP contribution in [0.4, 0.5) is 0 Å². The highest BCUT2D eigenvalue weighted by molar-refractivity contribution is 5.87. The number of hydrogen-bond donors (Lipinski definition) is 1. The van der Waals surface area contributed by atoms with Crippen LogP contribution < -0.4 is 5.73 Å². The predicted octanol–water partition coefficient (Wildman–Crippen LogP) is 3.63. The number of esters is 1. The van der Waals surface area contributed by atoms with E-state index in [-0.39, 0.29) is 18.9 Å². The monoisotopic (exact) mass is 444 g/mol. The van der Waals surface area contributed by atoms with Gasteiger partial charge in [0.1, 0.15) is 5.60 Å². The number of nitrogens with two attached hydrogens (primary N) is 1. The summed E-state index contributed by atoms with van der Waals surface area (Å²) in [6, 6.07) is 13.1. The van der Waals surface area contributed by atoms with Crippen molar-refractivity contribution in [1.82, 2.24) is 4.90 Å². The molecule has 7 heteroatoms. The van der Waals surface area contributed by atoms with E-state index in [0.717, 1.165) is 16.3 Å². The molecule has 0 saturated heterocycles. The molecule has 32 heavy (non-hydrogen) atoms. The number of benzene rings is 2. The van der Waals surface area contributed by atoms with E-state index in [1.165, 1.54) is 0 Å². The normalized spacial score (nSPS) is 12.7. The van der Waals surface area contributed by atoms with E-state index < -0.39 is 23.9 Å². The van der Waals surface area contributed by atoms with Crippen molar-refractivity contribution < 1.29 is 23.8 Å². The third-order valence-corrected chi connectivity index (χ3v) is 4.70. The van der Waals surface area contributed by atoms with Gasteiger partial charge in [0, 0.05) is 19.8 Å². The van der Waals surface area contributed by atoms with Gasteiger partial charge in [-0.2, -0.15) is 0 Å². The SMILES string of the molecule is CCOC(CN(Cc1ccc2ccccc2c1)C(=O)[C@@H](N)CC(=O)OC(C)(C)C)OCC. The summed E-state index contributed by atoms with van der Waals surface area (Å²) in [6.45, 7) is 10.5. The van der Waals surface area contributed by atoms with Crippen LogP contribution >= 0.6 is 0 Å². The van der Waals surface area contributed by atoms with E-state index >= 15 is 0 Å². The van der Waals surface area contributed by atoms with Crippen LogP contribution in [0.2, 0.25) is 0 Å². The molecule has 0 aliphatic rings. The average Bonchev–Trinajstić information content (AvgIpc) is 2.71. The Morgan fingerprint density at radius 1 is 1.00 bits per heavy atom. The third-order valence-electron chi connectivity index (χ3n) is 4.70. The average molecular weight is 445 g/mol. The number of rotatable bonds is 11. The van der Waals surface area contributed by atoms with Gasteiger partial charge in [0.15, 0.2) is 6.29 Å². The molecule has 1 amide bonds. The lowest BCUT2D eigenvalue weighted by molar-refractivity contribution is -0.163. The zero-order valence-electron chi connectivity index (χ0n) is 19.8. The fourth-order valence-electron chi connectivity index (χ4n) is 3.38. The van der Waals surface area contributed by atoms with Gasteiger partial charge in [-0.15, -0.1) is 0 Å². The summed E-state index contributed by atoms with van der Waals surface area (Å²) in [5.41, 5.74) is 6.44. The molecule has 0 heterocycles. The molecule has 1 atom stereocenters. The number of amides is 1. The molecule has 0 aliphatic heterocycles. The Balaban J connectivity index is 2.21. The van der Waals surface area contributed by atoms with Gasteiger partial charge in [0.2, 0.25) is 5.91 Å². The Hall–Kier alpha value is -2.48. The molecule has 0 fully saturated rings. The largest absolute Gasteiger partial charge is 0.460 e. The van der Waals surface area contributed by atoms with Crippen LogP contribution in [0, 0.1) is 0 Å². The molecule has 2 N–H and O–H groups in total.